The molecule has 6 heteroatoms. The quantitative estimate of drug-likeness (QED) is 0.809. The number of carbonyl (C=O) groups is 1. The Morgan fingerprint density at radius 1 is 1.28 bits per heavy atom. The predicted octanol–water partition coefficient (Wildman–Crippen LogP) is 0.979. The lowest BCUT2D eigenvalue weighted by molar-refractivity contribution is 0.0244. The highest BCUT2D eigenvalue weighted by Gasteiger charge is 2.35. The molecule has 2 aliphatic heterocycles. The second kappa shape index (κ2) is 7.16. The standard InChI is InChI=1S/C12H23N3O2.ClH/c1-9(2)14-12(16)15(11-7-13-8-11)10-3-5-17-6-4-10;/h9-11,13H,3-8H2,1-2H3,(H,14,16);1H. The number of rotatable bonds is 3. The SMILES string of the molecule is CC(C)NC(=O)N(C1CCOCC1)C1CNC1.Cl. The van der Waals surface area contributed by atoms with E-state index in [2.05, 4.69) is 10.6 Å². The molecule has 0 aromatic rings. The summed E-state index contributed by atoms with van der Waals surface area (Å²) in [6.45, 7) is 7.39. The average Bonchev–Trinajstić information content (AvgIpc) is 2.23. The third-order valence-electron chi connectivity index (χ3n) is 3.38. The molecule has 0 atom stereocenters. The van der Waals surface area contributed by atoms with E-state index in [1.54, 1.807) is 0 Å². The third kappa shape index (κ3) is 3.73. The van der Waals surface area contributed by atoms with Crippen LogP contribution in [0, 0.1) is 0 Å². The maximum Gasteiger partial charge on any atom is 0.318 e. The van der Waals surface area contributed by atoms with Crippen molar-refractivity contribution in [2.45, 2.75) is 44.8 Å². The normalized spacial score (nSPS) is 21.1. The van der Waals surface area contributed by atoms with Gasteiger partial charge in [-0.15, -0.1) is 12.4 Å². The molecule has 106 valence electrons. The van der Waals surface area contributed by atoms with Crippen molar-refractivity contribution in [1.29, 1.82) is 0 Å². The Morgan fingerprint density at radius 2 is 1.89 bits per heavy atom. The Labute approximate surface area is 115 Å². The van der Waals surface area contributed by atoms with Gasteiger partial charge in [-0.2, -0.15) is 0 Å². The molecule has 0 unspecified atom stereocenters. The summed E-state index contributed by atoms with van der Waals surface area (Å²) in [5, 5.41) is 6.24. The molecule has 0 spiro atoms. The fraction of sp³-hybridized carbons (Fsp3) is 0.917. The Hall–Kier alpha value is -0.520. The summed E-state index contributed by atoms with van der Waals surface area (Å²) in [7, 11) is 0. The maximum absolute atomic E-state index is 12.2. The molecule has 18 heavy (non-hydrogen) atoms. The highest BCUT2D eigenvalue weighted by Crippen LogP contribution is 2.19. The van der Waals surface area contributed by atoms with Crippen LogP contribution in [0.2, 0.25) is 0 Å². The predicted molar refractivity (Wildman–Crippen MR) is 73.3 cm³/mol. The van der Waals surface area contributed by atoms with Crippen molar-refractivity contribution in [2.75, 3.05) is 26.3 Å². The summed E-state index contributed by atoms with van der Waals surface area (Å²) < 4.78 is 5.37. The minimum Gasteiger partial charge on any atom is -0.381 e. The van der Waals surface area contributed by atoms with Gasteiger partial charge in [0.1, 0.15) is 0 Å². The van der Waals surface area contributed by atoms with Crippen molar-refractivity contribution in [2.24, 2.45) is 0 Å². The molecule has 0 aliphatic carbocycles. The molecule has 5 nitrogen and oxygen atoms in total. The van der Waals surface area contributed by atoms with Gasteiger partial charge in [0, 0.05) is 38.4 Å². The number of halogens is 1. The first-order valence-corrected chi connectivity index (χ1v) is 6.55. The summed E-state index contributed by atoms with van der Waals surface area (Å²) in [5.74, 6) is 0. The molecular formula is C12H24ClN3O2. The van der Waals surface area contributed by atoms with Crippen molar-refractivity contribution >= 4 is 18.4 Å². The van der Waals surface area contributed by atoms with E-state index in [1.165, 1.54) is 0 Å². The second-order valence-electron chi connectivity index (χ2n) is 5.17. The zero-order chi connectivity index (χ0) is 12.3. The van der Waals surface area contributed by atoms with Crippen LogP contribution in [0.15, 0.2) is 0 Å². The van der Waals surface area contributed by atoms with Crippen LogP contribution in [-0.4, -0.2) is 55.4 Å². The van der Waals surface area contributed by atoms with E-state index in [0.717, 1.165) is 39.1 Å². The Morgan fingerprint density at radius 3 is 2.33 bits per heavy atom. The Balaban J connectivity index is 0.00000162. The van der Waals surface area contributed by atoms with Gasteiger partial charge in [-0.1, -0.05) is 0 Å². The topological polar surface area (TPSA) is 53.6 Å². The van der Waals surface area contributed by atoms with Gasteiger partial charge in [0.05, 0.1) is 6.04 Å². The van der Waals surface area contributed by atoms with Crippen molar-refractivity contribution < 1.29 is 9.53 Å². The summed E-state index contributed by atoms with van der Waals surface area (Å²) in [6.07, 6.45) is 1.92. The van der Waals surface area contributed by atoms with Gasteiger partial charge < -0.3 is 20.3 Å². The average molecular weight is 278 g/mol. The zero-order valence-electron chi connectivity index (χ0n) is 11.1. The van der Waals surface area contributed by atoms with Crippen molar-refractivity contribution in [3.63, 3.8) is 0 Å². The number of amides is 2. The highest BCUT2D eigenvalue weighted by molar-refractivity contribution is 5.85. The highest BCUT2D eigenvalue weighted by atomic mass is 35.5. The minimum atomic E-state index is 0. The molecule has 2 N–H and O–H groups in total. The Bertz CT molecular complexity index is 266. The number of hydrogen-bond donors (Lipinski definition) is 2. The van der Waals surface area contributed by atoms with Crippen LogP contribution in [0.3, 0.4) is 0 Å². The molecule has 0 aromatic heterocycles. The molecule has 0 aromatic carbocycles. The maximum atomic E-state index is 12.2. The van der Waals surface area contributed by atoms with Gasteiger partial charge in [-0.25, -0.2) is 4.79 Å². The van der Waals surface area contributed by atoms with Crippen molar-refractivity contribution in [1.82, 2.24) is 15.5 Å². The van der Waals surface area contributed by atoms with Gasteiger partial charge in [0.25, 0.3) is 0 Å². The van der Waals surface area contributed by atoms with E-state index in [0.29, 0.717) is 12.1 Å². The lowest BCUT2D eigenvalue weighted by atomic mass is 10.0. The van der Waals surface area contributed by atoms with Crippen molar-refractivity contribution in [3.05, 3.63) is 0 Å². The van der Waals surface area contributed by atoms with Crippen LogP contribution in [-0.2, 0) is 4.74 Å². The van der Waals surface area contributed by atoms with Crippen LogP contribution in [0.1, 0.15) is 26.7 Å². The van der Waals surface area contributed by atoms with Gasteiger partial charge in [0.2, 0.25) is 0 Å². The molecule has 2 rings (SSSR count). The number of urea groups is 1. The van der Waals surface area contributed by atoms with Crippen LogP contribution in [0.5, 0.6) is 0 Å². The first kappa shape index (κ1) is 15.5. The molecule has 0 radical (unpaired) electrons. The summed E-state index contributed by atoms with van der Waals surface area (Å²) in [4.78, 5) is 14.3. The van der Waals surface area contributed by atoms with Crippen LogP contribution in [0.4, 0.5) is 4.79 Å². The zero-order valence-corrected chi connectivity index (χ0v) is 12.0. The molecule has 2 saturated heterocycles. The number of nitrogens with zero attached hydrogens (tertiary/aromatic N) is 1. The van der Waals surface area contributed by atoms with Crippen LogP contribution < -0.4 is 10.6 Å². The first-order valence-electron chi connectivity index (χ1n) is 6.55. The van der Waals surface area contributed by atoms with E-state index in [4.69, 9.17) is 4.74 Å². The van der Waals surface area contributed by atoms with Gasteiger partial charge in [-0.3, -0.25) is 0 Å². The molecule has 0 bridgehead atoms. The van der Waals surface area contributed by atoms with E-state index in [9.17, 15) is 4.79 Å². The largest absolute Gasteiger partial charge is 0.381 e. The van der Waals surface area contributed by atoms with Crippen LogP contribution in [0.25, 0.3) is 0 Å². The van der Waals surface area contributed by atoms with E-state index in [1.807, 2.05) is 18.7 Å². The summed E-state index contributed by atoms with van der Waals surface area (Å²) >= 11 is 0. The number of ether oxygens (including phenoxy) is 1. The lowest BCUT2D eigenvalue weighted by Gasteiger charge is -2.44. The van der Waals surface area contributed by atoms with Crippen molar-refractivity contribution in [3.8, 4) is 0 Å². The smallest absolute Gasteiger partial charge is 0.318 e. The second-order valence-corrected chi connectivity index (χ2v) is 5.17. The molecule has 2 aliphatic rings. The van der Waals surface area contributed by atoms with E-state index >= 15 is 0 Å². The summed E-state index contributed by atoms with van der Waals surface area (Å²) in [6, 6.07) is 0.975. The van der Waals surface area contributed by atoms with Gasteiger partial charge in [0.15, 0.2) is 0 Å². The third-order valence-corrected chi connectivity index (χ3v) is 3.38. The van der Waals surface area contributed by atoms with Gasteiger partial charge in [-0.05, 0) is 26.7 Å². The Kier molecular flexibility index (Phi) is 6.18. The van der Waals surface area contributed by atoms with E-state index in [-0.39, 0.29) is 24.5 Å². The molecule has 2 amide bonds. The van der Waals surface area contributed by atoms with Crippen LogP contribution >= 0.6 is 12.4 Å². The minimum absolute atomic E-state index is 0. The number of carbonyl (C=O) groups excluding carboxylic acids is 1. The fourth-order valence-corrected chi connectivity index (χ4v) is 2.38. The molecule has 0 saturated carbocycles. The number of nitrogens with one attached hydrogen (secondary N) is 2. The summed E-state index contributed by atoms with van der Waals surface area (Å²) in [5.41, 5.74) is 0. The molecular weight excluding hydrogens is 254 g/mol. The lowest BCUT2D eigenvalue weighted by Crippen LogP contribution is -2.64. The fourth-order valence-electron chi connectivity index (χ4n) is 2.38. The number of hydrogen-bond acceptors (Lipinski definition) is 3. The molecule has 2 heterocycles. The molecule has 2 fully saturated rings. The van der Waals surface area contributed by atoms with Gasteiger partial charge >= 0.3 is 6.03 Å². The monoisotopic (exact) mass is 277 g/mol. The van der Waals surface area contributed by atoms with E-state index < -0.39 is 0 Å². The first-order chi connectivity index (χ1) is 8.18.